The number of rotatable bonds is 8. The van der Waals surface area contributed by atoms with Gasteiger partial charge < -0.3 is 24.6 Å². The van der Waals surface area contributed by atoms with Crippen molar-refractivity contribution < 1.29 is 24.1 Å². The van der Waals surface area contributed by atoms with Gasteiger partial charge in [0.1, 0.15) is 18.5 Å². The van der Waals surface area contributed by atoms with Crippen LogP contribution in [0.25, 0.3) is 0 Å². The maximum Gasteiger partial charge on any atom is 0.252 e. The molecule has 0 spiro atoms. The molecule has 1 amide bonds. The van der Waals surface area contributed by atoms with E-state index in [1.54, 1.807) is 12.1 Å². The minimum atomic E-state index is -0.822. The fourth-order valence-corrected chi connectivity index (χ4v) is 2.97. The third-order valence-corrected chi connectivity index (χ3v) is 4.54. The summed E-state index contributed by atoms with van der Waals surface area (Å²) in [6.07, 6.45) is -0.822. The Balaban J connectivity index is 1.91. The normalized spacial score (nSPS) is 11.6. The number of nitrogens with one attached hydrogen (secondary N) is 1. The number of aliphatic hydroxyl groups is 1. The molecule has 6 nitrogen and oxygen atoms in total. The van der Waals surface area contributed by atoms with Gasteiger partial charge in [-0.15, -0.1) is 0 Å². The number of hydrogen-bond donors (Lipinski definition) is 2. The Bertz CT molecular complexity index is 766. The van der Waals surface area contributed by atoms with Crippen molar-refractivity contribution in [3.63, 3.8) is 0 Å². The maximum atomic E-state index is 12.4. The van der Waals surface area contributed by atoms with E-state index in [1.807, 2.05) is 31.2 Å². The second-order valence-corrected chi connectivity index (χ2v) is 6.84. The summed E-state index contributed by atoms with van der Waals surface area (Å²) in [4.78, 5) is 12.4. The van der Waals surface area contributed by atoms with Crippen LogP contribution >= 0.6 is 22.6 Å². The van der Waals surface area contributed by atoms with Gasteiger partial charge in [0.25, 0.3) is 5.91 Å². The number of carbonyl (C=O) groups is 1. The van der Waals surface area contributed by atoms with Gasteiger partial charge >= 0.3 is 0 Å². The predicted octanol–water partition coefficient (Wildman–Crippen LogP) is 2.79. The third kappa shape index (κ3) is 5.50. The van der Waals surface area contributed by atoms with Gasteiger partial charge in [-0.2, -0.15) is 0 Å². The number of hydrogen-bond acceptors (Lipinski definition) is 5. The molecule has 0 aromatic heterocycles. The van der Waals surface area contributed by atoms with Crippen molar-refractivity contribution in [2.24, 2.45) is 0 Å². The van der Waals surface area contributed by atoms with Gasteiger partial charge in [0.15, 0.2) is 11.5 Å². The van der Waals surface area contributed by atoms with E-state index >= 15 is 0 Å². The Morgan fingerprint density at radius 2 is 1.88 bits per heavy atom. The zero-order chi connectivity index (χ0) is 19.1. The first-order valence-electron chi connectivity index (χ1n) is 8.01. The van der Waals surface area contributed by atoms with Crippen LogP contribution in [0.4, 0.5) is 0 Å². The molecular formula is C19H22INO5. The smallest absolute Gasteiger partial charge is 0.252 e. The Kier molecular flexibility index (Phi) is 7.52. The van der Waals surface area contributed by atoms with Crippen molar-refractivity contribution in [3.05, 3.63) is 51.1 Å². The van der Waals surface area contributed by atoms with Crippen molar-refractivity contribution in [2.45, 2.75) is 13.0 Å². The van der Waals surface area contributed by atoms with E-state index < -0.39 is 6.10 Å². The number of aryl methyl sites for hydroxylation is 1. The van der Waals surface area contributed by atoms with Crippen LogP contribution < -0.4 is 19.5 Å². The van der Waals surface area contributed by atoms with Gasteiger partial charge in [-0.1, -0.05) is 12.1 Å². The van der Waals surface area contributed by atoms with Gasteiger partial charge in [-0.25, -0.2) is 0 Å². The Morgan fingerprint density at radius 3 is 2.54 bits per heavy atom. The molecule has 7 heteroatoms. The molecule has 26 heavy (non-hydrogen) atoms. The molecule has 0 aliphatic rings. The third-order valence-electron chi connectivity index (χ3n) is 3.65. The Hall–Kier alpha value is -2.00. The number of halogens is 1. The summed E-state index contributed by atoms with van der Waals surface area (Å²) in [5.41, 5.74) is 1.53. The average Bonchev–Trinajstić information content (AvgIpc) is 2.64. The van der Waals surface area contributed by atoms with E-state index in [0.29, 0.717) is 22.8 Å². The van der Waals surface area contributed by atoms with E-state index in [1.165, 1.54) is 14.2 Å². The number of ether oxygens (including phenoxy) is 3. The SMILES string of the molecule is COc1cc(I)c(C(=O)NCC(O)COc2cccc(C)c2)cc1OC. The largest absolute Gasteiger partial charge is 0.493 e. The Labute approximate surface area is 166 Å². The molecule has 2 N–H and O–H groups in total. The fourth-order valence-electron chi connectivity index (χ4n) is 2.29. The minimum absolute atomic E-state index is 0.0784. The molecule has 2 aromatic carbocycles. The van der Waals surface area contributed by atoms with Crippen LogP contribution in [0.15, 0.2) is 36.4 Å². The van der Waals surface area contributed by atoms with E-state index in [-0.39, 0.29) is 19.1 Å². The number of methoxy groups -OCH3 is 2. The van der Waals surface area contributed by atoms with Gasteiger partial charge in [0.05, 0.1) is 19.8 Å². The van der Waals surface area contributed by atoms with E-state index in [4.69, 9.17) is 14.2 Å². The number of carbonyl (C=O) groups excluding carboxylic acids is 1. The van der Waals surface area contributed by atoms with Crippen molar-refractivity contribution in [2.75, 3.05) is 27.4 Å². The zero-order valence-corrected chi connectivity index (χ0v) is 17.1. The lowest BCUT2D eigenvalue weighted by molar-refractivity contribution is 0.0842. The maximum absolute atomic E-state index is 12.4. The van der Waals surface area contributed by atoms with Gasteiger partial charge in [0, 0.05) is 10.1 Å². The number of aliphatic hydroxyl groups excluding tert-OH is 1. The second kappa shape index (κ2) is 9.63. The highest BCUT2D eigenvalue weighted by Gasteiger charge is 2.16. The van der Waals surface area contributed by atoms with E-state index in [9.17, 15) is 9.90 Å². The minimum Gasteiger partial charge on any atom is -0.493 e. The molecule has 0 radical (unpaired) electrons. The van der Waals surface area contributed by atoms with Crippen LogP contribution in [-0.2, 0) is 0 Å². The van der Waals surface area contributed by atoms with Gasteiger partial charge in [-0.3, -0.25) is 4.79 Å². The quantitative estimate of drug-likeness (QED) is 0.580. The first-order valence-corrected chi connectivity index (χ1v) is 9.09. The first kappa shape index (κ1) is 20.3. The molecule has 0 heterocycles. The average molecular weight is 471 g/mol. The number of benzene rings is 2. The highest BCUT2D eigenvalue weighted by Crippen LogP contribution is 2.31. The monoisotopic (exact) mass is 471 g/mol. The second-order valence-electron chi connectivity index (χ2n) is 5.68. The summed E-state index contributed by atoms with van der Waals surface area (Å²) in [6.45, 7) is 2.14. The summed E-state index contributed by atoms with van der Waals surface area (Å²) in [7, 11) is 3.05. The summed E-state index contributed by atoms with van der Waals surface area (Å²) < 4.78 is 16.7. The molecule has 0 saturated heterocycles. The summed E-state index contributed by atoms with van der Waals surface area (Å²) in [5, 5.41) is 12.7. The Morgan fingerprint density at radius 1 is 1.19 bits per heavy atom. The highest BCUT2D eigenvalue weighted by atomic mass is 127. The van der Waals surface area contributed by atoms with E-state index in [2.05, 4.69) is 27.9 Å². The molecule has 2 aromatic rings. The molecule has 0 saturated carbocycles. The van der Waals surface area contributed by atoms with Crippen molar-refractivity contribution in [1.29, 1.82) is 0 Å². The lowest BCUT2D eigenvalue weighted by Gasteiger charge is -2.15. The molecule has 0 fully saturated rings. The molecule has 0 aliphatic heterocycles. The fraction of sp³-hybridized carbons (Fsp3) is 0.316. The van der Waals surface area contributed by atoms with E-state index in [0.717, 1.165) is 9.13 Å². The van der Waals surface area contributed by atoms with Crippen LogP contribution in [0, 0.1) is 10.5 Å². The highest BCUT2D eigenvalue weighted by molar-refractivity contribution is 14.1. The molecule has 1 atom stereocenters. The number of amides is 1. The molecule has 2 rings (SSSR count). The van der Waals surface area contributed by atoms with Crippen molar-refractivity contribution in [3.8, 4) is 17.2 Å². The summed E-state index contributed by atoms with van der Waals surface area (Å²) >= 11 is 2.06. The lowest BCUT2D eigenvalue weighted by Crippen LogP contribution is -2.35. The van der Waals surface area contributed by atoms with Crippen molar-refractivity contribution >= 4 is 28.5 Å². The predicted molar refractivity (Wildman–Crippen MR) is 107 cm³/mol. The standard InChI is InChI=1S/C19H22INO5/c1-12-5-4-6-14(7-12)26-11-13(22)10-21-19(23)15-8-17(24-2)18(25-3)9-16(15)20/h4-9,13,22H,10-11H2,1-3H3,(H,21,23). The van der Waals surface area contributed by atoms with Gasteiger partial charge in [0.2, 0.25) is 0 Å². The van der Waals surface area contributed by atoms with Crippen LogP contribution in [0.1, 0.15) is 15.9 Å². The molecule has 140 valence electrons. The summed E-state index contributed by atoms with van der Waals surface area (Å²) in [5.74, 6) is 1.41. The van der Waals surface area contributed by atoms with Gasteiger partial charge in [-0.05, 0) is 59.3 Å². The molecule has 1 unspecified atom stereocenters. The zero-order valence-electron chi connectivity index (χ0n) is 14.9. The van der Waals surface area contributed by atoms with Crippen LogP contribution in [0.3, 0.4) is 0 Å². The summed E-state index contributed by atoms with van der Waals surface area (Å²) in [6, 6.07) is 10.9. The topological polar surface area (TPSA) is 77.0 Å². The first-order chi connectivity index (χ1) is 12.4. The van der Waals surface area contributed by atoms with Crippen LogP contribution in [-0.4, -0.2) is 44.5 Å². The molecule has 0 bridgehead atoms. The molecule has 0 aliphatic carbocycles. The molecular weight excluding hydrogens is 449 g/mol. The van der Waals surface area contributed by atoms with Crippen LogP contribution in [0.2, 0.25) is 0 Å². The van der Waals surface area contributed by atoms with Crippen molar-refractivity contribution in [1.82, 2.24) is 5.32 Å². The lowest BCUT2D eigenvalue weighted by atomic mass is 10.2. The van der Waals surface area contributed by atoms with Crippen LogP contribution in [0.5, 0.6) is 17.2 Å².